The van der Waals surface area contributed by atoms with Gasteiger partial charge >= 0.3 is 0 Å². The number of H-pyrrole nitrogens is 1. The lowest BCUT2D eigenvalue weighted by molar-refractivity contribution is -0.110. The third kappa shape index (κ3) is 2.55. The summed E-state index contributed by atoms with van der Waals surface area (Å²) < 4.78 is 20.4. The van der Waals surface area contributed by atoms with Gasteiger partial charge in [0, 0.05) is 35.8 Å². The zero-order valence-electron chi connectivity index (χ0n) is 15.1. The summed E-state index contributed by atoms with van der Waals surface area (Å²) in [4.78, 5) is 19.8. The van der Waals surface area contributed by atoms with Crippen molar-refractivity contribution in [1.82, 2.24) is 9.97 Å². The van der Waals surface area contributed by atoms with E-state index in [-0.39, 0.29) is 11.6 Å². The van der Waals surface area contributed by atoms with Crippen molar-refractivity contribution in [3.05, 3.63) is 59.3 Å². The summed E-state index contributed by atoms with van der Waals surface area (Å²) in [5.41, 5.74) is 5.13. The van der Waals surface area contributed by atoms with E-state index < -0.39 is 5.82 Å². The van der Waals surface area contributed by atoms with E-state index >= 15 is 0 Å². The lowest BCUT2D eigenvalue weighted by Crippen LogP contribution is -2.20. The smallest absolute Gasteiger partial charge is 0.256 e. The van der Waals surface area contributed by atoms with Crippen LogP contribution in [0.1, 0.15) is 16.8 Å². The molecule has 1 aromatic carbocycles. The van der Waals surface area contributed by atoms with Gasteiger partial charge in [0.2, 0.25) is 5.88 Å². The van der Waals surface area contributed by atoms with Gasteiger partial charge in [-0.3, -0.25) is 4.79 Å². The number of anilines is 2. The van der Waals surface area contributed by atoms with Crippen molar-refractivity contribution in [3.8, 4) is 17.0 Å². The van der Waals surface area contributed by atoms with Gasteiger partial charge in [-0.2, -0.15) is 0 Å². The number of nitrogens with zero attached hydrogens (tertiary/aromatic N) is 1. The first-order valence-corrected chi connectivity index (χ1v) is 8.99. The van der Waals surface area contributed by atoms with E-state index in [9.17, 15) is 9.18 Å². The van der Waals surface area contributed by atoms with Gasteiger partial charge in [0.1, 0.15) is 18.1 Å². The summed E-state index contributed by atoms with van der Waals surface area (Å²) in [6, 6.07) is 6.94. The van der Waals surface area contributed by atoms with E-state index in [1.165, 1.54) is 6.07 Å². The Labute approximate surface area is 160 Å². The number of amides is 1. The Morgan fingerprint density at radius 1 is 1.25 bits per heavy atom. The molecule has 140 valence electrons. The monoisotopic (exact) mass is 376 g/mol. The molecule has 2 aromatic heterocycles. The van der Waals surface area contributed by atoms with Crippen LogP contribution in [0.25, 0.3) is 22.8 Å². The van der Waals surface area contributed by atoms with Crippen LogP contribution in [0.15, 0.2) is 36.7 Å². The fourth-order valence-electron chi connectivity index (χ4n) is 3.65. The number of rotatable bonds is 2. The summed E-state index contributed by atoms with van der Waals surface area (Å²) >= 11 is 0. The van der Waals surface area contributed by atoms with Crippen molar-refractivity contribution in [1.29, 1.82) is 0 Å². The molecule has 1 amide bonds. The zero-order valence-corrected chi connectivity index (χ0v) is 15.1. The predicted octanol–water partition coefficient (Wildman–Crippen LogP) is 3.82. The second-order valence-electron chi connectivity index (χ2n) is 6.77. The average Bonchev–Trinajstić information content (AvgIpc) is 3.32. The first-order chi connectivity index (χ1) is 13.6. The maximum atomic E-state index is 14.8. The number of hydrogen-bond acceptors (Lipinski definition) is 4. The fraction of sp³-hybridized carbons (Fsp3) is 0.143. The van der Waals surface area contributed by atoms with Gasteiger partial charge in [0.25, 0.3) is 5.91 Å². The van der Waals surface area contributed by atoms with Gasteiger partial charge in [-0.1, -0.05) is 0 Å². The number of ether oxygens (including phenoxy) is 1. The van der Waals surface area contributed by atoms with Crippen LogP contribution in [0.5, 0.6) is 5.88 Å². The maximum Gasteiger partial charge on any atom is 0.256 e. The van der Waals surface area contributed by atoms with Gasteiger partial charge < -0.3 is 20.4 Å². The van der Waals surface area contributed by atoms with E-state index in [1.807, 2.05) is 25.1 Å². The predicted molar refractivity (Wildman–Crippen MR) is 106 cm³/mol. The van der Waals surface area contributed by atoms with Crippen molar-refractivity contribution >= 4 is 28.9 Å². The third-order valence-corrected chi connectivity index (χ3v) is 5.04. The molecule has 0 saturated heterocycles. The maximum absolute atomic E-state index is 14.8. The van der Waals surface area contributed by atoms with Crippen molar-refractivity contribution < 1.29 is 13.9 Å². The highest BCUT2D eigenvalue weighted by atomic mass is 19.1. The second kappa shape index (κ2) is 6.23. The Bertz CT molecular complexity index is 1140. The molecule has 0 bridgehead atoms. The number of aromatic amines is 1. The number of hydrogen-bond donors (Lipinski definition) is 3. The summed E-state index contributed by atoms with van der Waals surface area (Å²) in [5.74, 6) is -0.244. The van der Waals surface area contributed by atoms with Crippen LogP contribution in [0.3, 0.4) is 0 Å². The fourth-order valence-corrected chi connectivity index (χ4v) is 3.65. The Morgan fingerprint density at radius 2 is 2.14 bits per heavy atom. The Balaban J connectivity index is 1.66. The van der Waals surface area contributed by atoms with Crippen LogP contribution >= 0.6 is 0 Å². The highest BCUT2D eigenvalue weighted by Gasteiger charge is 2.28. The molecule has 0 saturated carbocycles. The standard InChI is InChI=1S/C21H17FN4O2/c1-11-16(10-25-21-18(11)24-5-6-28-21)12-7-14-15(9-13-3-2-4-23-13)20(27)26-19(14)17(22)8-12/h2-4,7-10,23-24H,5-6H2,1H3,(H,26,27)/b15-9-. The summed E-state index contributed by atoms with van der Waals surface area (Å²) in [5, 5.41) is 5.92. The van der Waals surface area contributed by atoms with E-state index in [0.29, 0.717) is 35.7 Å². The van der Waals surface area contributed by atoms with E-state index in [1.54, 1.807) is 18.5 Å². The van der Waals surface area contributed by atoms with Crippen LogP contribution in [0.4, 0.5) is 15.8 Å². The molecule has 28 heavy (non-hydrogen) atoms. The lowest BCUT2D eigenvalue weighted by atomic mass is 9.96. The number of carbonyl (C=O) groups is 1. The van der Waals surface area contributed by atoms with Crippen molar-refractivity contribution in [2.45, 2.75) is 6.92 Å². The largest absolute Gasteiger partial charge is 0.474 e. The molecule has 7 heteroatoms. The minimum absolute atomic E-state index is 0.205. The quantitative estimate of drug-likeness (QED) is 0.594. The van der Waals surface area contributed by atoms with Crippen LogP contribution in [-0.4, -0.2) is 29.0 Å². The summed E-state index contributed by atoms with van der Waals surface area (Å²) in [7, 11) is 0. The van der Waals surface area contributed by atoms with E-state index in [0.717, 1.165) is 22.5 Å². The normalized spacial score (nSPS) is 16.2. The summed E-state index contributed by atoms with van der Waals surface area (Å²) in [6.45, 7) is 3.20. The Morgan fingerprint density at radius 3 is 2.96 bits per heavy atom. The minimum Gasteiger partial charge on any atom is -0.474 e. The molecule has 0 unspecified atom stereocenters. The number of fused-ring (bicyclic) bond motifs is 2. The topological polar surface area (TPSA) is 79.0 Å². The molecule has 3 aromatic rings. The number of benzene rings is 1. The molecule has 2 aliphatic rings. The van der Waals surface area contributed by atoms with Crippen LogP contribution in [0, 0.1) is 12.7 Å². The molecule has 2 aliphatic heterocycles. The van der Waals surface area contributed by atoms with Gasteiger partial charge in [-0.05, 0) is 48.4 Å². The van der Waals surface area contributed by atoms with Gasteiger partial charge in [-0.25, -0.2) is 9.37 Å². The SMILES string of the molecule is Cc1c(-c2cc(F)c3c(c2)/C(=C/c2ccc[nH]2)C(=O)N3)cnc2c1NCCO2. The summed E-state index contributed by atoms with van der Waals surface area (Å²) in [6.07, 6.45) is 5.17. The molecule has 0 fully saturated rings. The first kappa shape index (κ1) is 16.6. The average molecular weight is 376 g/mol. The van der Waals surface area contributed by atoms with Crippen LogP contribution < -0.4 is 15.4 Å². The lowest BCUT2D eigenvalue weighted by Gasteiger charge is -2.21. The van der Waals surface area contributed by atoms with E-state index in [4.69, 9.17) is 4.74 Å². The number of carbonyl (C=O) groups excluding carboxylic acids is 1. The molecule has 0 radical (unpaired) electrons. The molecule has 0 atom stereocenters. The zero-order chi connectivity index (χ0) is 19.3. The second-order valence-corrected chi connectivity index (χ2v) is 6.77. The van der Waals surface area contributed by atoms with Crippen molar-refractivity contribution in [3.63, 3.8) is 0 Å². The molecular formula is C21H17FN4O2. The minimum atomic E-state index is -0.475. The van der Waals surface area contributed by atoms with Gasteiger partial charge in [-0.15, -0.1) is 0 Å². The molecule has 4 heterocycles. The van der Waals surface area contributed by atoms with Gasteiger partial charge in [0.05, 0.1) is 11.3 Å². The molecule has 0 spiro atoms. The number of pyridine rings is 1. The van der Waals surface area contributed by atoms with Crippen molar-refractivity contribution in [2.24, 2.45) is 0 Å². The molecule has 3 N–H and O–H groups in total. The number of nitrogens with one attached hydrogen (secondary N) is 3. The first-order valence-electron chi connectivity index (χ1n) is 8.99. The van der Waals surface area contributed by atoms with Gasteiger partial charge in [0.15, 0.2) is 0 Å². The molecular weight excluding hydrogens is 359 g/mol. The van der Waals surface area contributed by atoms with Crippen LogP contribution in [-0.2, 0) is 4.79 Å². The highest BCUT2D eigenvalue weighted by molar-refractivity contribution is 6.35. The molecule has 0 aliphatic carbocycles. The van der Waals surface area contributed by atoms with Crippen molar-refractivity contribution in [2.75, 3.05) is 23.8 Å². The van der Waals surface area contributed by atoms with E-state index in [2.05, 4.69) is 20.6 Å². The highest BCUT2D eigenvalue weighted by Crippen LogP contribution is 2.41. The number of aromatic nitrogens is 2. The Kier molecular flexibility index (Phi) is 3.68. The number of halogens is 1. The molecule has 5 rings (SSSR count). The molecule has 6 nitrogen and oxygen atoms in total. The Hall–Kier alpha value is -3.61. The van der Waals surface area contributed by atoms with Crippen LogP contribution in [0.2, 0.25) is 0 Å². The third-order valence-electron chi connectivity index (χ3n) is 5.04.